The quantitative estimate of drug-likeness (QED) is 0.701. The van der Waals surface area contributed by atoms with Gasteiger partial charge in [0.25, 0.3) is 0 Å². The second-order valence-corrected chi connectivity index (χ2v) is 3.74. The van der Waals surface area contributed by atoms with Crippen molar-refractivity contribution in [3.63, 3.8) is 0 Å². The van der Waals surface area contributed by atoms with Crippen molar-refractivity contribution in [3.8, 4) is 0 Å². The summed E-state index contributed by atoms with van der Waals surface area (Å²) >= 11 is 0. The van der Waals surface area contributed by atoms with Gasteiger partial charge in [-0.1, -0.05) is 6.92 Å². The van der Waals surface area contributed by atoms with Crippen LogP contribution in [-0.2, 0) is 4.79 Å². The van der Waals surface area contributed by atoms with Crippen molar-refractivity contribution in [2.75, 3.05) is 6.54 Å². The summed E-state index contributed by atoms with van der Waals surface area (Å²) < 4.78 is 0. The van der Waals surface area contributed by atoms with E-state index in [9.17, 15) is 4.79 Å². The summed E-state index contributed by atoms with van der Waals surface area (Å²) in [4.78, 5) is 12.8. The summed E-state index contributed by atoms with van der Waals surface area (Å²) in [5.41, 5.74) is -0.761. The Kier molecular flexibility index (Phi) is 3.71. The molecule has 72 valence electrons. The zero-order valence-corrected chi connectivity index (χ0v) is 8.59. The molecule has 0 aliphatic carbocycles. The lowest BCUT2D eigenvalue weighted by molar-refractivity contribution is -0.150. The first-order valence-corrected chi connectivity index (χ1v) is 4.34. The van der Waals surface area contributed by atoms with Crippen molar-refractivity contribution < 1.29 is 9.90 Å². The van der Waals surface area contributed by atoms with Crippen molar-refractivity contribution in [3.05, 3.63) is 0 Å². The van der Waals surface area contributed by atoms with Gasteiger partial charge in [0.2, 0.25) is 0 Å². The van der Waals surface area contributed by atoms with E-state index in [4.69, 9.17) is 5.11 Å². The molecular weight excluding hydrogens is 154 g/mol. The third-order valence-electron chi connectivity index (χ3n) is 2.21. The Bertz CT molecular complexity index is 164. The Morgan fingerprint density at radius 2 is 1.92 bits per heavy atom. The number of carboxylic acids is 1. The molecule has 0 saturated carbocycles. The molecule has 3 heteroatoms. The van der Waals surface area contributed by atoms with Gasteiger partial charge < -0.3 is 5.11 Å². The number of likely N-dealkylation sites (N-methyl/N-ethyl adjacent to an activating group) is 1. The van der Waals surface area contributed by atoms with E-state index in [0.717, 1.165) is 6.54 Å². The first-order valence-electron chi connectivity index (χ1n) is 4.34. The monoisotopic (exact) mass is 173 g/mol. The smallest absolute Gasteiger partial charge is 0.323 e. The van der Waals surface area contributed by atoms with Crippen molar-refractivity contribution >= 4 is 5.97 Å². The van der Waals surface area contributed by atoms with Crippen LogP contribution in [0.15, 0.2) is 0 Å². The molecule has 0 saturated heterocycles. The SMILES string of the molecule is CCN(C(C)C)C(C)(C)C(=O)O. The lowest BCUT2D eigenvalue weighted by atomic mass is 10.0. The molecule has 12 heavy (non-hydrogen) atoms. The van der Waals surface area contributed by atoms with Crippen molar-refractivity contribution in [2.45, 2.75) is 46.2 Å². The van der Waals surface area contributed by atoms with E-state index >= 15 is 0 Å². The molecule has 0 aromatic rings. The van der Waals surface area contributed by atoms with E-state index in [2.05, 4.69) is 0 Å². The molecule has 0 fully saturated rings. The maximum Gasteiger partial charge on any atom is 0.323 e. The van der Waals surface area contributed by atoms with Crippen molar-refractivity contribution in [2.24, 2.45) is 0 Å². The minimum absolute atomic E-state index is 0.265. The summed E-state index contributed by atoms with van der Waals surface area (Å²) in [5, 5.41) is 8.95. The number of aliphatic carboxylic acids is 1. The third-order valence-corrected chi connectivity index (χ3v) is 2.21. The molecule has 0 heterocycles. The predicted molar refractivity (Wildman–Crippen MR) is 49.2 cm³/mol. The second kappa shape index (κ2) is 3.90. The van der Waals surface area contributed by atoms with Crippen LogP contribution in [0.25, 0.3) is 0 Å². The van der Waals surface area contributed by atoms with E-state index in [0.29, 0.717) is 0 Å². The Morgan fingerprint density at radius 1 is 1.50 bits per heavy atom. The molecule has 0 bridgehead atoms. The topological polar surface area (TPSA) is 40.5 Å². The lowest BCUT2D eigenvalue weighted by Crippen LogP contribution is -2.53. The van der Waals surface area contributed by atoms with Gasteiger partial charge in [0.15, 0.2) is 0 Å². The minimum atomic E-state index is -0.766. The molecule has 0 aliphatic heterocycles. The van der Waals surface area contributed by atoms with Gasteiger partial charge in [-0.15, -0.1) is 0 Å². The number of rotatable bonds is 4. The van der Waals surface area contributed by atoms with Crippen LogP contribution in [0.1, 0.15) is 34.6 Å². The van der Waals surface area contributed by atoms with Crippen LogP contribution in [0.4, 0.5) is 0 Å². The van der Waals surface area contributed by atoms with E-state index in [1.54, 1.807) is 13.8 Å². The molecule has 0 aromatic heterocycles. The molecule has 0 aromatic carbocycles. The second-order valence-electron chi connectivity index (χ2n) is 3.74. The van der Waals surface area contributed by atoms with Gasteiger partial charge in [-0.05, 0) is 34.2 Å². The lowest BCUT2D eigenvalue weighted by Gasteiger charge is -2.37. The standard InChI is InChI=1S/C9H19NO2/c1-6-10(7(2)3)9(4,5)8(11)12/h7H,6H2,1-5H3,(H,11,12). The van der Waals surface area contributed by atoms with Gasteiger partial charge >= 0.3 is 5.97 Å². The van der Waals surface area contributed by atoms with Crippen LogP contribution in [-0.4, -0.2) is 34.1 Å². The van der Waals surface area contributed by atoms with Crippen LogP contribution in [0.3, 0.4) is 0 Å². The average molecular weight is 173 g/mol. The Balaban J connectivity index is 4.59. The van der Waals surface area contributed by atoms with E-state index < -0.39 is 11.5 Å². The molecule has 0 amide bonds. The summed E-state index contributed by atoms with van der Waals surface area (Å²) in [6.45, 7) is 10.2. The summed E-state index contributed by atoms with van der Waals surface area (Å²) in [6, 6.07) is 0.265. The highest BCUT2D eigenvalue weighted by Gasteiger charge is 2.34. The van der Waals surface area contributed by atoms with Gasteiger partial charge in [-0.25, -0.2) is 0 Å². The number of carboxylic acid groups (broad SMARTS) is 1. The molecule has 0 aliphatic rings. The predicted octanol–water partition coefficient (Wildman–Crippen LogP) is 1.58. The van der Waals surface area contributed by atoms with E-state index in [-0.39, 0.29) is 6.04 Å². The maximum absolute atomic E-state index is 10.9. The van der Waals surface area contributed by atoms with Crippen molar-refractivity contribution in [1.29, 1.82) is 0 Å². The van der Waals surface area contributed by atoms with E-state index in [1.165, 1.54) is 0 Å². The Hall–Kier alpha value is -0.570. The van der Waals surface area contributed by atoms with Crippen molar-refractivity contribution in [1.82, 2.24) is 4.90 Å². The molecule has 0 spiro atoms. The fourth-order valence-electron chi connectivity index (χ4n) is 1.53. The average Bonchev–Trinajstić information content (AvgIpc) is 1.86. The van der Waals surface area contributed by atoms with Crippen LogP contribution in [0.2, 0.25) is 0 Å². The Labute approximate surface area is 74.4 Å². The third kappa shape index (κ3) is 2.21. The number of hydrogen-bond acceptors (Lipinski definition) is 2. The fourth-order valence-corrected chi connectivity index (χ4v) is 1.53. The van der Waals surface area contributed by atoms with Crippen LogP contribution < -0.4 is 0 Å². The minimum Gasteiger partial charge on any atom is -0.480 e. The highest BCUT2D eigenvalue weighted by molar-refractivity contribution is 5.77. The highest BCUT2D eigenvalue weighted by atomic mass is 16.4. The number of carbonyl (C=O) groups is 1. The van der Waals surface area contributed by atoms with Gasteiger partial charge in [-0.3, -0.25) is 9.69 Å². The summed E-state index contributed by atoms with van der Waals surface area (Å²) in [6.07, 6.45) is 0. The van der Waals surface area contributed by atoms with Gasteiger partial charge in [0, 0.05) is 6.04 Å². The Morgan fingerprint density at radius 3 is 2.00 bits per heavy atom. The maximum atomic E-state index is 10.9. The van der Waals surface area contributed by atoms with Gasteiger partial charge in [-0.2, -0.15) is 0 Å². The largest absolute Gasteiger partial charge is 0.480 e. The first-order chi connectivity index (χ1) is 5.34. The molecule has 1 N–H and O–H groups in total. The summed E-state index contributed by atoms with van der Waals surface area (Å²) in [7, 11) is 0. The van der Waals surface area contributed by atoms with E-state index in [1.807, 2.05) is 25.7 Å². The van der Waals surface area contributed by atoms with Crippen LogP contribution in [0.5, 0.6) is 0 Å². The van der Waals surface area contributed by atoms with Gasteiger partial charge in [0.05, 0.1) is 0 Å². The molecule has 0 rings (SSSR count). The zero-order valence-electron chi connectivity index (χ0n) is 8.59. The van der Waals surface area contributed by atoms with Crippen LogP contribution >= 0.6 is 0 Å². The molecular formula is C9H19NO2. The zero-order chi connectivity index (χ0) is 9.94. The highest BCUT2D eigenvalue weighted by Crippen LogP contribution is 2.17. The first kappa shape index (κ1) is 11.4. The van der Waals surface area contributed by atoms with Gasteiger partial charge in [0.1, 0.15) is 5.54 Å². The normalized spacial score (nSPS) is 12.6. The molecule has 0 atom stereocenters. The number of nitrogens with zero attached hydrogens (tertiary/aromatic N) is 1. The fraction of sp³-hybridized carbons (Fsp3) is 0.889. The molecule has 0 unspecified atom stereocenters. The molecule has 0 radical (unpaired) electrons. The van der Waals surface area contributed by atoms with Crippen LogP contribution in [0, 0.1) is 0 Å². The molecule has 3 nitrogen and oxygen atoms in total. The number of hydrogen-bond donors (Lipinski definition) is 1. The summed E-state index contributed by atoms with van der Waals surface area (Å²) in [5.74, 6) is -0.766.